The Hall–Kier alpha value is -2.20. The number of sulfonamides is 1. The third kappa shape index (κ3) is 4.06. The highest BCUT2D eigenvalue weighted by atomic mass is 32.2. The van der Waals surface area contributed by atoms with Gasteiger partial charge >= 0.3 is 6.03 Å². The zero-order valence-electron chi connectivity index (χ0n) is 15.7. The van der Waals surface area contributed by atoms with Gasteiger partial charge in [0.05, 0.1) is 32.3 Å². The molecule has 2 aliphatic rings. The number of ether oxygens (including phenoxy) is 3. The molecule has 0 radical (unpaired) electrons. The van der Waals surface area contributed by atoms with Crippen molar-refractivity contribution in [3.05, 3.63) is 12.1 Å². The van der Waals surface area contributed by atoms with Gasteiger partial charge in [0.25, 0.3) is 0 Å². The monoisotopic (exact) mass is 399 g/mol. The number of nitrogens with zero attached hydrogens (tertiary/aromatic N) is 2. The van der Waals surface area contributed by atoms with Gasteiger partial charge in [-0.05, 0) is 12.8 Å². The number of rotatable bonds is 6. The Labute approximate surface area is 159 Å². The highest BCUT2D eigenvalue weighted by molar-refractivity contribution is 7.90. The molecule has 1 aliphatic carbocycles. The molecule has 0 aromatic heterocycles. The third-order valence-corrected chi connectivity index (χ3v) is 7.15. The van der Waals surface area contributed by atoms with Crippen LogP contribution in [-0.2, 0) is 10.0 Å². The SMILES string of the molecule is COc1cc(NC(=O)N2CCN(S(=O)(=O)C3CC3)CC2)cc(OC)c1OC. The number of carbonyl (C=O) groups excluding carboxylic acids is 1. The van der Waals surface area contributed by atoms with E-state index in [1.165, 1.54) is 25.6 Å². The van der Waals surface area contributed by atoms with Crippen molar-refractivity contribution in [2.45, 2.75) is 18.1 Å². The van der Waals surface area contributed by atoms with Crippen LogP contribution in [0.1, 0.15) is 12.8 Å². The number of piperazine rings is 1. The number of anilines is 1. The van der Waals surface area contributed by atoms with Crippen molar-refractivity contribution in [2.24, 2.45) is 0 Å². The summed E-state index contributed by atoms with van der Waals surface area (Å²) in [6, 6.07) is 2.99. The number of benzene rings is 1. The molecule has 2 fully saturated rings. The van der Waals surface area contributed by atoms with Gasteiger partial charge in [-0.25, -0.2) is 13.2 Å². The van der Waals surface area contributed by atoms with Crippen LogP contribution in [0.3, 0.4) is 0 Å². The van der Waals surface area contributed by atoms with Crippen LogP contribution in [0.5, 0.6) is 17.2 Å². The van der Waals surface area contributed by atoms with Crippen molar-refractivity contribution in [1.82, 2.24) is 9.21 Å². The fourth-order valence-electron chi connectivity index (χ4n) is 3.08. The van der Waals surface area contributed by atoms with Crippen LogP contribution in [0, 0.1) is 0 Å². The summed E-state index contributed by atoms with van der Waals surface area (Å²) < 4.78 is 41.9. The standard InChI is InChI=1S/C17H25N3O6S/c1-24-14-10-12(11-15(25-2)16(14)26-3)18-17(21)19-6-8-20(9-7-19)27(22,23)13-4-5-13/h10-11,13H,4-9H2,1-3H3,(H,18,21). The highest BCUT2D eigenvalue weighted by Crippen LogP contribution is 2.40. The molecule has 0 atom stereocenters. The Morgan fingerprint density at radius 2 is 1.56 bits per heavy atom. The average Bonchev–Trinajstić information content (AvgIpc) is 3.53. The molecule has 1 aromatic rings. The van der Waals surface area contributed by atoms with Crippen molar-refractivity contribution in [2.75, 3.05) is 52.8 Å². The second-order valence-corrected chi connectivity index (χ2v) is 8.69. The Kier molecular flexibility index (Phi) is 5.66. The summed E-state index contributed by atoms with van der Waals surface area (Å²) in [6.07, 6.45) is 1.48. The number of carbonyl (C=O) groups is 1. The summed E-state index contributed by atoms with van der Waals surface area (Å²) in [5.74, 6) is 1.32. The fourth-order valence-corrected chi connectivity index (χ4v) is 4.90. The Morgan fingerprint density at radius 3 is 2.00 bits per heavy atom. The third-order valence-electron chi connectivity index (χ3n) is 4.75. The molecule has 1 saturated heterocycles. The van der Waals surface area contributed by atoms with Gasteiger partial charge in [-0.2, -0.15) is 4.31 Å². The van der Waals surface area contributed by atoms with Crippen molar-refractivity contribution >= 4 is 21.7 Å². The number of hydrogen-bond donors (Lipinski definition) is 1. The van der Waals surface area contributed by atoms with E-state index in [-0.39, 0.29) is 11.3 Å². The zero-order chi connectivity index (χ0) is 19.6. The number of hydrogen-bond acceptors (Lipinski definition) is 6. The maximum Gasteiger partial charge on any atom is 0.321 e. The van der Waals surface area contributed by atoms with E-state index in [4.69, 9.17) is 14.2 Å². The highest BCUT2D eigenvalue weighted by Gasteiger charge is 2.41. The molecule has 1 saturated carbocycles. The first-order valence-corrected chi connectivity index (χ1v) is 10.3. The van der Waals surface area contributed by atoms with Crippen molar-refractivity contribution < 1.29 is 27.4 Å². The van der Waals surface area contributed by atoms with Crippen LogP contribution in [0.2, 0.25) is 0 Å². The molecule has 150 valence electrons. The van der Waals surface area contributed by atoms with Gasteiger partial charge in [0, 0.05) is 38.3 Å². The number of nitrogens with one attached hydrogen (secondary N) is 1. The second-order valence-electron chi connectivity index (χ2n) is 6.47. The van der Waals surface area contributed by atoms with Crippen LogP contribution < -0.4 is 19.5 Å². The number of methoxy groups -OCH3 is 3. The van der Waals surface area contributed by atoms with E-state index in [0.29, 0.717) is 49.1 Å². The van der Waals surface area contributed by atoms with Crippen LogP contribution >= 0.6 is 0 Å². The van der Waals surface area contributed by atoms with Gasteiger partial charge in [0.1, 0.15) is 0 Å². The normalized spacial score (nSPS) is 18.1. The summed E-state index contributed by atoms with van der Waals surface area (Å²) in [5.41, 5.74) is 0.502. The maximum atomic E-state index is 12.6. The molecule has 3 rings (SSSR count). The van der Waals surface area contributed by atoms with E-state index in [9.17, 15) is 13.2 Å². The first-order chi connectivity index (χ1) is 12.9. The molecule has 0 bridgehead atoms. The maximum absolute atomic E-state index is 12.6. The zero-order valence-corrected chi connectivity index (χ0v) is 16.5. The topological polar surface area (TPSA) is 97.4 Å². The van der Waals surface area contributed by atoms with Crippen LogP contribution in [0.15, 0.2) is 12.1 Å². The van der Waals surface area contributed by atoms with Crippen LogP contribution in [0.25, 0.3) is 0 Å². The molecule has 1 heterocycles. The molecule has 0 spiro atoms. The summed E-state index contributed by atoms with van der Waals surface area (Å²) in [6.45, 7) is 1.34. The summed E-state index contributed by atoms with van der Waals surface area (Å²) in [4.78, 5) is 14.2. The lowest BCUT2D eigenvalue weighted by Crippen LogP contribution is -2.52. The predicted octanol–water partition coefficient (Wildman–Crippen LogP) is 1.35. The van der Waals surface area contributed by atoms with Gasteiger partial charge in [-0.3, -0.25) is 0 Å². The lowest BCUT2D eigenvalue weighted by atomic mass is 10.2. The Balaban J connectivity index is 1.64. The van der Waals surface area contributed by atoms with E-state index in [1.54, 1.807) is 17.0 Å². The predicted molar refractivity (Wildman–Crippen MR) is 100 cm³/mol. The largest absolute Gasteiger partial charge is 0.493 e. The summed E-state index contributed by atoms with van der Waals surface area (Å²) in [5, 5.41) is 2.58. The van der Waals surface area contributed by atoms with Crippen LogP contribution in [-0.4, -0.2) is 76.4 Å². The summed E-state index contributed by atoms with van der Waals surface area (Å²) in [7, 11) is 1.32. The molecule has 9 nitrogen and oxygen atoms in total. The molecular formula is C17H25N3O6S. The number of amides is 2. The molecule has 0 unspecified atom stereocenters. The van der Waals surface area contributed by atoms with E-state index in [0.717, 1.165) is 12.8 Å². The summed E-state index contributed by atoms with van der Waals surface area (Å²) >= 11 is 0. The van der Waals surface area contributed by atoms with E-state index in [2.05, 4.69) is 5.32 Å². The minimum atomic E-state index is -3.19. The fraction of sp³-hybridized carbons (Fsp3) is 0.588. The minimum absolute atomic E-state index is 0.225. The second kappa shape index (κ2) is 7.81. The molecule has 1 N–H and O–H groups in total. The van der Waals surface area contributed by atoms with Crippen molar-refractivity contribution in [3.8, 4) is 17.2 Å². The first kappa shape index (κ1) is 19.6. The molecule has 10 heteroatoms. The molecular weight excluding hydrogens is 374 g/mol. The molecule has 1 aromatic carbocycles. The minimum Gasteiger partial charge on any atom is -0.493 e. The van der Waals surface area contributed by atoms with Gasteiger partial charge in [-0.15, -0.1) is 0 Å². The van der Waals surface area contributed by atoms with Gasteiger partial charge in [-0.1, -0.05) is 0 Å². The molecule has 27 heavy (non-hydrogen) atoms. The van der Waals surface area contributed by atoms with E-state index >= 15 is 0 Å². The van der Waals surface area contributed by atoms with Crippen molar-refractivity contribution in [1.29, 1.82) is 0 Å². The Bertz CT molecular complexity index is 776. The smallest absolute Gasteiger partial charge is 0.321 e. The lowest BCUT2D eigenvalue weighted by Gasteiger charge is -2.34. The molecule has 1 aliphatic heterocycles. The Morgan fingerprint density at radius 1 is 1.00 bits per heavy atom. The van der Waals surface area contributed by atoms with E-state index < -0.39 is 10.0 Å². The van der Waals surface area contributed by atoms with Gasteiger partial charge in [0.15, 0.2) is 11.5 Å². The first-order valence-electron chi connectivity index (χ1n) is 8.75. The quantitative estimate of drug-likeness (QED) is 0.776. The molecule has 2 amide bonds. The van der Waals surface area contributed by atoms with E-state index in [1.807, 2.05) is 0 Å². The lowest BCUT2D eigenvalue weighted by molar-refractivity contribution is 0.184. The van der Waals surface area contributed by atoms with Gasteiger partial charge in [0.2, 0.25) is 15.8 Å². The van der Waals surface area contributed by atoms with Gasteiger partial charge < -0.3 is 24.4 Å². The van der Waals surface area contributed by atoms with Crippen molar-refractivity contribution in [3.63, 3.8) is 0 Å². The van der Waals surface area contributed by atoms with Crippen LogP contribution in [0.4, 0.5) is 10.5 Å². The number of urea groups is 1. The average molecular weight is 399 g/mol.